The molecule has 8 nitrogen and oxygen atoms in total. The zero-order chi connectivity index (χ0) is 22.6. The van der Waals surface area contributed by atoms with E-state index in [2.05, 4.69) is 16.2 Å². The van der Waals surface area contributed by atoms with Crippen LogP contribution in [0.5, 0.6) is 5.75 Å². The number of ether oxygens (including phenoxy) is 2. The van der Waals surface area contributed by atoms with Gasteiger partial charge in [0.05, 0.1) is 24.3 Å². The van der Waals surface area contributed by atoms with E-state index in [1.807, 2.05) is 32.0 Å². The molecule has 2 aliphatic heterocycles. The standard InChI is InChI=1S/C24H23N5O3/c1-13-4-5-16-17(6-13)14(2)32-20-7-15(10-27-23(20)26)21-18(28-29(3)19(21)9-25)8-24(22(16)30)11-31-12-24/h4-7,10,14H,8,11-12H2,1-3H3,(H2,26,27)/t14-/m1/s1. The van der Waals surface area contributed by atoms with E-state index in [1.54, 1.807) is 24.0 Å². The van der Waals surface area contributed by atoms with Crippen molar-refractivity contribution in [2.75, 3.05) is 18.9 Å². The van der Waals surface area contributed by atoms with Crippen LogP contribution in [0.1, 0.15) is 45.9 Å². The number of carbonyl (C=O) groups is 1. The normalized spacial score (nSPS) is 18.9. The summed E-state index contributed by atoms with van der Waals surface area (Å²) in [6, 6.07) is 9.79. The van der Waals surface area contributed by atoms with Crippen LogP contribution in [0, 0.1) is 23.7 Å². The predicted molar refractivity (Wildman–Crippen MR) is 117 cm³/mol. The van der Waals surface area contributed by atoms with Gasteiger partial charge in [0.2, 0.25) is 0 Å². The van der Waals surface area contributed by atoms with Gasteiger partial charge in [-0.15, -0.1) is 0 Å². The van der Waals surface area contributed by atoms with Gasteiger partial charge in [0.25, 0.3) is 0 Å². The number of ketones is 1. The highest BCUT2D eigenvalue weighted by Crippen LogP contribution is 2.42. The van der Waals surface area contributed by atoms with Crippen LogP contribution in [0.15, 0.2) is 30.5 Å². The van der Waals surface area contributed by atoms with Crippen LogP contribution < -0.4 is 10.5 Å². The van der Waals surface area contributed by atoms with Gasteiger partial charge in [0.15, 0.2) is 17.4 Å². The van der Waals surface area contributed by atoms with Crippen LogP contribution in [-0.2, 0) is 18.2 Å². The second-order valence-electron chi connectivity index (χ2n) is 8.64. The Labute approximate surface area is 185 Å². The highest BCUT2D eigenvalue weighted by Gasteiger charge is 2.48. The number of hydrogen-bond donors (Lipinski definition) is 1. The minimum atomic E-state index is -0.747. The van der Waals surface area contributed by atoms with E-state index in [9.17, 15) is 10.1 Å². The Bertz CT molecular complexity index is 1300. The molecule has 5 rings (SSSR count). The fourth-order valence-electron chi connectivity index (χ4n) is 4.57. The number of benzene rings is 1. The fourth-order valence-corrected chi connectivity index (χ4v) is 4.57. The topological polar surface area (TPSA) is 116 Å². The van der Waals surface area contributed by atoms with Crippen molar-refractivity contribution in [2.45, 2.75) is 26.4 Å². The summed E-state index contributed by atoms with van der Waals surface area (Å²) in [5.41, 5.74) is 10.2. The average Bonchev–Trinajstić information content (AvgIpc) is 3.05. The molecular weight excluding hydrogens is 406 g/mol. The molecule has 1 saturated heterocycles. The smallest absolute Gasteiger partial charge is 0.174 e. The molecule has 1 spiro atoms. The molecule has 0 saturated carbocycles. The number of hydrogen-bond acceptors (Lipinski definition) is 7. The number of aryl methyl sites for hydroxylation is 2. The van der Waals surface area contributed by atoms with Crippen LogP contribution in [0.3, 0.4) is 0 Å². The first-order valence-corrected chi connectivity index (χ1v) is 10.4. The molecule has 4 heterocycles. The summed E-state index contributed by atoms with van der Waals surface area (Å²) in [5, 5.41) is 14.4. The highest BCUT2D eigenvalue weighted by molar-refractivity contribution is 6.03. The molecule has 0 aliphatic carbocycles. The number of Topliss-reactive ketones (excluding diaryl/α,β-unsaturated/α-hetero) is 1. The van der Waals surface area contributed by atoms with Gasteiger partial charge < -0.3 is 15.2 Å². The Morgan fingerprint density at radius 3 is 2.78 bits per heavy atom. The van der Waals surface area contributed by atoms with E-state index in [4.69, 9.17) is 15.2 Å². The molecule has 0 amide bonds. The van der Waals surface area contributed by atoms with Crippen LogP contribution in [0.4, 0.5) is 5.82 Å². The molecule has 8 heteroatoms. The molecule has 0 unspecified atom stereocenters. The lowest BCUT2D eigenvalue weighted by Gasteiger charge is -2.40. The number of anilines is 1. The number of aromatic nitrogens is 3. The van der Waals surface area contributed by atoms with Gasteiger partial charge in [-0.3, -0.25) is 9.48 Å². The van der Waals surface area contributed by atoms with Crippen LogP contribution in [0.2, 0.25) is 0 Å². The zero-order valence-electron chi connectivity index (χ0n) is 18.2. The number of rotatable bonds is 0. The summed E-state index contributed by atoms with van der Waals surface area (Å²) < 4.78 is 13.3. The maximum Gasteiger partial charge on any atom is 0.174 e. The van der Waals surface area contributed by atoms with Gasteiger partial charge in [-0.1, -0.05) is 23.8 Å². The Balaban J connectivity index is 1.79. The zero-order valence-corrected chi connectivity index (χ0v) is 18.2. The number of fused-ring (bicyclic) bond motifs is 5. The third-order valence-corrected chi connectivity index (χ3v) is 6.33. The van der Waals surface area contributed by atoms with Gasteiger partial charge in [-0.25, -0.2) is 4.98 Å². The number of nitrogens with zero attached hydrogens (tertiary/aromatic N) is 4. The lowest BCUT2D eigenvalue weighted by Crippen LogP contribution is -2.51. The van der Waals surface area contributed by atoms with Gasteiger partial charge in [0.1, 0.15) is 17.9 Å². The molecular formula is C24H23N5O3. The van der Waals surface area contributed by atoms with Gasteiger partial charge >= 0.3 is 0 Å². The van der Waals surface area contributed by atoms with Crippen molar-refractivity contribution in [2.24, 2.45) is 12.5 Å². The molecule has 1 atom stereocenters. The van der Waals surface area contributed by atoms with E-state index < -0.39 is 11.5 Å². The summed E-state index contributed by atoms with van der Waals surface area (Å²) in [7, 11) is 1.72. The molecule has 2 N–H and O–H groups in total. The number of nitrogen functional groups attached to an aromatic ring is 1. The Morgan fingerprint density at radius 2 is 2.09 bits per heavy atom. The summed E-state index contributed by atoms with van der Waals surface area (Å²) >= 11 is 0. The minimum Gasteiger partial charge on any atom is -0.482 e. The van der Waals surface area contributed by atoms with Crippen molar-refractivity contribution in [3.8, 4) is 22.9 Å². The molecule has 1 fully saturated rings. The predicted octanol–water partition coefficient (Wildman–Crippen LogP) is 3.14. The quantitative estimate of drug-likeness (QED) is 0.583. The van der Waals surface area contributed by atoms with E-state index in [-0.39, 0.29) is 11.6 Å². The van der Waals surface area contributed by atoms with Gasteiger partial charge in [0, 0.05) is 41.9 Å². The van der Waals surface area contributed by atoms with Crippen molar-refractivity contribution in [3.05, 3.63) is 58.5 Å². The molecule has 2 aromatic heterocycles. The van der Waals surface area contributed by atoms with Crippen LogP contribution in [-0.4, -0.2) is 33.8 Å². The number of pyridine rings is 1. The number of nitriles is 1. The van der Waals surface area contributed by atoms with Crippen molar-refractivity contribution < 1.29 is 14.3 Å². The molecule has 2 aliphatic rings. The maximum atomic E-state index is 13.9. The molecule has 3 aromatic rings. The third kappa shape index (κ3) is 2.97. The van der Waals surface area contributed by atoms with E-state index >= 15 is 0 Å². The highest BCUT2D eigenvalue weighted by atomic mass is 16.5. The summed E-state index contributed by atoms with van der Waals surface area (Å²) in [6.07, 6.45) is 1.54. The first-order valence-electron chi connectivity index (χ1n) is 10.4. The molecule has 162 valence electrons. The van der Waals surface area contributed by atoms with Crippen molar-refractivity contribution in [3.63, 3.8) is 0 Å². The fraction of sp³-hybridized carbons (Fsp3) is 0.333. The van der Waals surface area contributed by atoms with Crippen LogP contribution >= 0.6 is 0 Å². The summed E-state index contributed by atoms with van der Waals surface area (Å²) in [5.74, 6) is 0.640. The van der Waals surface area contributed by atoms with Gasteiger partial charge in [-0.05, 0) is 19.9 Å². The van der Waals surface area contributed by atoms with E-state index in [0.29, 0.717) is 53.5 Å². The lowest BCUT2D eigenvalue weighted by atomic mass is 9.73. The van der Waals surface area contributed by atoms with Crippen LogP contribution in [0.25, 0.3) is 11.1 Å². The summed E-state index contributed by atoms with van der Waals surface area (Å²) in [6.45, 7) is 4.48. The molecule has 2 bridgehead atoms. The monoisotopic (exact) mass is 429 g/mol. The number of carbonyl (C=O) groups excluding carboxylic acids is 1. The number of nitrogens with two attached hydrogens (primary N) is 1. The largest absolute Gasteiger partial charge is 0.482 e. The maximum absolute atomic E-state index is 13.9. The average molecular weight is 429 g/mol. The first-order chi connectivity index (χ1) is 15.3. The Kier molecular flexibility index (Phi) is 4.53. The molecule has 0 radical (unpaired) electrons. The lowest BCUT2D eigenvalue weighted by molar-refractivity contribution is -0.0870. The first kappa shape index (κ1) is 20.2. The molecule has 32 heavy (non-hydrogen) atoms. The second kappa shape index (κ2) is 7.18. The molecule has 1 aromatic carbocycles. The summed E-state index contributed by atoms with van der Waals surface area (Å²) in [4.78, 5) is 18.2. The van der Waals surface area contributed by atoms with E-state index in [1.165, 1.54) is 0 Å². The van der Waals surface area contributed by atoms with Crippen molar-refractivity contribution in [1.29, 1.82) is 5.26 Å². The van der Waals surface area contributed by atoms with Gasteiger partial charge in [-0.2, -0.15) is 10.4 Å². The van der Waals surface area contributed by atoms with E-state index in [0.717, 1.165) is 11.1 Å². The minimum absolute atomic E-state index is 0.000332. The van der Waals surface area contributed by atoms with Crippen molar-refractivity contribution in [1.82, 2.24) is 14.8 Å². The second-order valence-corrected chi connectivity index (χ2v) is 8.64. The third-order valence-electron chi connectivity index (χ3n) is 6.33. The Hall–Kier alpha value is -3.70. The van der Waals surface area contributed by atoms with Crippen molar-refractivity contribution >= 4 is 11.6 Å². The SMILES string of the molecule is Cc1ccc2c(c1)[C@@H](C)Oc1cc(cnc1N)-c1c(nn(C)c1C#N)CC1(COC1)C2=O. The Morgan fingerprint density at radius 1 is 1.31 bits per heavy atom.